The minimum absolute atomic E-state index is 1.22. The second-order valence-corrected chi connectivity index (χ2v) is 19.9. The molecule has 2 aromatic rings. The summed E-state index contributed by atoms with van der Waals surface area (Å²) in [5.41, 5.74) is 2.43. The van der Waals surface area contributed by atoms with Gasteiger partial charge in [0.25, 0.3) is 0 Å². The molecule has 0 N–H and O–H groups in total. The van der Waals surface area contributed by atoms with Crippen molar-refractivity contribution in [2.75, 3.05) is 0 Å². The number of aryl methyl sites for hydroxylation is 1. The molecule has 0 aliphatic rings. The molecule has 128 valence electrons. The molecule has 2 heterocycles. The van der Waals surface area contributed by atoms with Gasteiger partial charge in [0.15, 0.2) is 0 Å². The molecule has 0 bridgehead atoms. The fraction of sp³-hybridized carbons (Fsp3) is 0.684. The summed E-state index contributed by atoms with van der Waals surface area (Å²) in [6.45, 7) is 6.97. The van der Waals surface area contributed by atoms with Gasteiger partial charge in [-0.05, 0) is 0 Å². The van der Waals surface area contributed by atoms with Crippen LogP contribution in [0.15, 0.2) is 18.3 Å². The number of aromatic nitrogens is 3. The Morgan fingerprint density at radius 1 is 0.957 bits per heavy atom. The molecule has 0 spiro atoms. The molecule has 0 saturated heterocycles. The summed E-state index contributed by atoms with van der Waals surface area (Å²) in [4.78, 5) is 4.76. The van der Waals surface area contributed by atoms with Crippen LogP contribution in [0.1, 0.15) is 59.3 Å². The van der Waals surface area contributed by atoms with Gasteiger partial charge >= 0.3 is 146 Å². The quantitative estimate of drug-likeness (QED) is 0.504. The third-order valence-corrected chi connectivity index (χ3v) is 20.2. The molecular weight excluding hydrogens is 389 g/mol. The van der Waals surface area contributed by atoms with E-state index in [1.165, 1.54) is 66.6 Å². The third-order valence-electron chi connectivity index (χ3n) is 5.14. The van der Waals surface area contributed by atoms with E-state index in [-0.39, 0.29) is 0 Å². The molecule has 2 rings (SSSR count). The molecule has 3 nitrogen and oxygen atoms in total. The van der Waals surface area contributed by atoms with Crippen molar-refractivity contribution >= 4 is 33.1 Å². The molecule has 0 aliphatic heterocycles. The Kier molecular flexibility index (Phi) is 7.38. The average molecular weight is 422 g/mol. The Labute approximate surface area is 145 Å². The molecule has 0 unspecified atom stereocenters. The monoisotopic (exact) mass is 423 g/mol. The third kappa shape index (κ3) is 4.28. The van der Waals surface area contributed by atoms with Gasteiger partial charge in [-0.1, -0.05) is 0 Å². The molecule has 0 aromatic carbocycles. The van der Waals surface area contributed by atoms with Crippen LogP contribution in [0.2, 0.25) is 13.3 Å². The van der Waals surface area contributed by atoms with E-state index < -0.39 is 18.4 Å². The van der Waals surface area contributed by atoms with Crippen molar-refractivity contribution in [1.29, 1.82) is 0 Å². The fourth-order valence-electron chi connectivity index (χ4n) is 3.72. The van der Waals surface area contributed by atoms with Gasteiger partial charge in [0.1, 0.15) is 0 Å². The molecule has 0 amide bonds. The van der Waals surface area contributed by atoms with E-state index in [1.54, 1.807) is 0 Å². The number of pyridine rings is 1. The number of unbranched alkanes of at least 4 members (excludes halogenated alkanes) is 3. The zero-order valence-electron chi connectivity index (χ0n) is 15.4. The Bertz CT molecular complexity index is 584. The van der Waals surface area contributed by atoms with Crippen molar-refractivity contribution < 1.29 is 0 Å². The van der Waals surface area contributed by atoms with E-state index in [0.717, 1.165) is 0 Å². The Morgan fingerprint density at radius 2 is 1.52 bits per heavy atom. The maximum atomic E-state index is 5.07. The van der Waals surface area contributed by atoms with Gasteiger partial charge in [-0.2, -0.15) is 0 Å². The first-order valence-corrected chi connectivity index (χ1v) is 16.9. The van der Waals surface area contributed by atoms with E-state index in [1.807, 2.05) is 12.3 Å². The normalized spacial score (nSPS) is 12.2. The number of hydrogen-bond acceptors (Lipinski definition) is 2. The summed E-state index contributed by atoms with van der Waals surface area (Å²) < 4.78 is 7.90. The van der Waals surface area contributed by atoms with Crippen molar-refractivity contribution in [3.05, 3.63) is 18.3 Å². The topological polar surface area (TPSA) is 30.7 Å². The van der Waals surface area contributed by atoms with Crippen molar-refractivity contribution in [2.45, 2.75) is 72.6 Å². The van der Waals surface area contributed by atoms with E-state index in [4.69, 9.17) is 10.1 Å². The van der Waals surface area contributed by atoms with Crippen molar-refractivity contribution in [3.8, 4) is 0 Å². The number of rotatable bonds is 10. The molecule has 0 radical (unpaired) electrons. The summed E-state index contributed by atoms with van der Waals surface area (Å²) in [6, 6.07) is 4.21. The van der Waals surface area contributed by atoms with Gasteiger partial charge in [0, 0.05) is 0 Å². The summed E-state index contributed by atoms with van der Waals surface area (Å²) in [5, 5.41) is 5.07. The van der Waals surface area contributed by atoms with Crippen LogP contribution < -0.4 is 3.71 Å². The standard InChI is InChI=1S/C7H6N3.3C4H9.Sn/c1-10-7-3-2-4-8-6(7)5-9-10;3*1-3-4-2;/h2-4H,1H3;3*1,3-4H2,2H3;. The van der Waals surface area contributed by atoms with Crippen LogP contribution in [0.4, 0.5) is 0 Å². The van der Waals surface area contributed by atoms with E-state index in [2.05, 4.69) is 38.6 Å². The van der Waals surface area contributed by atoms with Crippen LogP contribution in [0, 0.1) is 0 Å². The fourth-order valence-corrected chi connectivity index (χ4v) is 19.7. The zero-order valence-corrected chi connectivity index (χ0v) is 18.3. The molecule has 2 aromatic heterocycles. The molecule has 4 heteroatoms. The molecular formula is C19H33N3Sn. The van der Waals surface area contributed by atoms with Gasteiger partial charge in [0.2, 0.25) is 0 Å². The van der Waals surface area contributed by atoms with Crippen LogP contribution >= 0.6 is 0 Å². The zero-order chi connectivity index (χ0) is 16.7. The SMILES string of the molecule is CCC[CH2][Sn]([CH2]CCC)([CH2]CCC)[c]1nn(C)c2cccnc12. The number of nitrogens with zero attached hydrogens (tertiary/aromatic N) is 3. The van der Waals surface area contributed by atoms with Gasteiger partial charge in [-0.25, -0.2) is 0 Å². The van der Waals surface area contributed by atoms with Gasteiger partial charge < -0.3 is 0 Å². The van der Waals surface area contributed by atoms with Crippen molar-refractivity contribution in [3.63, 3.8) is 0 Å². The summed E-state index contributed by atoms with van der Waals surface area (Å²) in [7, 11) is 2.09. The summed E-state index contributed by atoms with van der Waals surface area (Å²) >= 11 is -2.48. The number of fused-ring (bicyclic) bond motifs is 1. The van der Waals surface area contributed by atoms with Crippen LogP contribution in [0.3, 0.4) is 0 Å². The van der Waals surface area contributed by atoms with E-state index >= 15 is 0 Å². The average Bonchev–Trinajstić information content (AvgIpc) is 2.93. The predicted molar refractivity (Wildman–Crippen MR) is 103 cm³/mol. The first kappa shape index (κ1) is 18.8. The first-order chi connectivity index (χ1) is 11.2. The van der Waals surface area contributed by atoms with Gasteiger partial charge in [-0.15, -0.1) is 0 Å². The van der Waals surface area contributed by atoms with Crippen molar-refractivity contribution in [2.24, 2.45) is 7.05 Å². The van der Waals surface area contributed by atoms with E-state index in [9.17, 15) is 0 Å². The maximum absolute atomic E-state index is 5.07. The van der Waals surface area contributed by atoms with Crippen molar-refractivity contribution in [1.82, 2.24) is 14.8 Å². The summed E-state index contributed by atoms with van der Waals surface area (Å²) in [6.07, 6.45) is 9.96. The molecule has 0 atom stereocenters. The number of hydrogen-bond donors (Lipinski definition) is 0. The Balaban J connectivity index is 2.51. The second kappa shape index (κ2) is 9.05. The van der Waals surface area contributed by atoms with Crippen LogP contribution in [0.25, 0.3) is 11.0 Å². The molecule has 23 heavy (non-hydrogen) atoms. The Hall–Kier alpha value is -0.581. The summed E-state index contributed by atoms with van der Waals surface area (Å²) in [5.74, 6) is 0. The molecule has 0 saturated carbocycles. The molecule has 0 aliphatic carbocycles. The van der Waals surface area contributed by atoms with Crippen LogP contribution in [-0.4, -0.2) is 33.1 Å². The minimum atomic E-state index is -2.48. The molecule has 0 fully saturated rings. The van der Waals surface area contributed by atoms with Crippen LogP contribution in [-0.2, 0) is 7.05 Å². The van der Waals surface area contributed by atoms with E-state index in [0.29, 0.717) is 0 Å². The van der Waals surface area contributed by atoms with Crippen LogP contribution in [0.5, 0.6) is 0 Å². The second-order valence-electron chi connectivity index (χ2n) is 6.93. The Morgan fingerprint density at radius 3 is 2.04 bits per heavy atom. The van der Waals surface area contributed by atoms with Gasteiger partial charge in [-0.3, -0.25) is 0 Å². The van der Waals surface area contributed by atoms with Gasteiger partial charge in [0.05, 0.1) is 0 Å². The first-order valence-electron chi connectivity index (χ1n) is 9.46. The predicted octanol–water partition coefficient (Wildman–Crippen LogP) is 5.02.